The van der Waals surface area contributed by atoms with Gasteiger partial charge in [0.2, 0.25) is 0 Å². The Hall–Kier alpha value is -1.16. The minimum atomic E-state index is 1.03. The Morgan fingerprint density at radius 3 is 2.93 bits per heavy atom. The maximum absolute atomic E-state index is 4.38. The fourth-order valence-electron chi connectivity index (χ4n) is 1.73. The minimum Gasteiger partial charge on any atom is -0.359 e. The number of anilines is 1. The molecule has 0 amide bonds. The molecule has 0 aliphatic carbocycles. The highest BCUT2D eigenvalue weighted by Gasteiger charge is 2.11. The zero-order valence-corrected chi connectivity index (χ0v) is 10.1. The van der Waals surface area contributed by atoms with Crippen LogP contribution < -0.4 is 4.90 Å². The lowest BCUT2D eigenvalue weighted by Crippen LogP contribution is -2.19. The van der Waals surface area contributed by atoms with Crippen LogP contribution in [0.3, 0.4) is 0 Å². The van der Waals surface area contributed by atoms with Crippen LogP contribution in [0.25, 0.3) is 10.2 Å². The summed E-state index contributed by atoms with van der Waals surface area (Å²) < 4.78 is 0. The molecule has 0 aromatic carbocycles. The first-order valence-electron chi connectivity index (χ1n) is 5.14. The van der Waals surface area contributed by atoms with Gasteiger partial charge in [-0.1, -0.05) is 6.92 Å². The van der Waals surface area contributed by atoms with Gasteiger partial charge in [-0.3, -0.25) is 0 Å². The summed E-state index contributed by atoms with van der Waals surface area (Å²) in [6.07, 6.45) is 2.78. The van der Waals surface area contributed by atoms with Crippen molar-refractivity contribution in [3.63, 3.8) is 0 Å². The molecule has 0 N–H and O–H groups in total. The van der Waals surface area contributed by atoms with E-state index >= 15 is 0 Å². The summed E-state index contributed by atoms with van der Waals surface area (Å²) in [5.74, 6) is 1.06. The molecule has 0 fully saturated rings. The average molecular weight is 221 g/mol. The van der Waals surface area contributed by atoms with E-state index < -0.39 is 0 Å². The molecule has 0 atom stereocenters. The van der Waals surface area contributed by atoms with Crippen LogP contribution in [0.1, 0.15) is 18.9 Å². The first-order chi connectivity index (χ1) is 7.24. The number of hydrogen-bond acceptors (Lipinski definition) is 4. The van der Waals surface area contributed by atoms with E-state index in [1.165, 1.54) is 10.9 Å². The first-order valence-corrected chi connectivity index (χ1v) is 6.02. The van der Waals surface area contributed by atoms with E-state index in [2.05, 4.69) is 41.1 Å². The third kappa shape index (κ3) is 1.81. The lowest BCUT2D eigenvalue weighted by molar-refractivity contribution is 0.840. The van der Waals surface area contributed by atoms with E-state index in [0.29, 0.717) is 0 Å². The van der Waals surface area contributed by atoms with E-state index in [-0.39, 0.29) is 0 Å². The van der Waals surface area contributed by atoms with Gasteiger partial charge in [-0.2, -0.15) is 0 Å². The largest absolute Gasteiger partial charge is 0.359 e. The van der Waals surface area contributed by atoms with Crippen molar-refractivity contribution >= 4 is 27.4 Å². The summed E-state index contributed by atoms with van der Waals surface area (Å²) in [7, 11) is 2.09. The SMILES string of the molecule is CCCN(C)c1ncnc2scc(C)c12. The molecule has 3 nitrogen and oxygen atoms in total. The van der Waals surface area contributed by atoms with Gasteiger partial charge in [0.15, 0.2) is 0 Å². The molecule has 0 saturated carbocycles. The number of rotatable bonds is 3. The Balaban J connectivity index is 2.54. The second-order valence-electron chi connectivity index (χ2n) is 3.72. The van der Waals surface area contributed by atoms with Gasteiger partial charge >= 0.3 is 0 Å². The number of nitrogens with zero attached hydrogens (tertiary/aromatic N) is 3. The van der Waals surface area contributed by atoms with E-state index in [9.17, 15) is 0 Å². The summed E-state index contributed by atoms with van der Waals surface area (Å²) in [5.41, 5.74) is 1.27. The lowest BCUT2D eigenvalue weighted by atomic mass is 10.2. The fraction of sp³-hybridized carbons (Fsp3) is 0.455. The quantitative estimate of drug-likeness (QED) is 0.798. The van der Waals surface area contributed by atoms with Gasteiger partial charge in [0.1, 0.15) is 17.0 Å². The van der Waals surface area contributed by atoms with Crippen LogP contribution in [-0.4, -0.2) is 23.6 Å². The molecule has 0 bridgehead atoms. The number of fused-ring (bicyclic) bond motifs is 1. The van der Waals surface area contributed by atoms with Crippen molar-refractivity contribution in [1.82, 2.24) is 9.97 Å². The van der Waals surface area contributed by atoms with Gasteiger partial charge in [0, 0.05) is 13.6 Å². The van der Waals surface area contributed by atoms with Gasteiger partial charge < -0.3 is 4.90 Å². The highest BCUT2D eigenvalue weighted by atomic mass is 32.1. The maximum atomic E-state index is 4.38. The molecule has 15 heavy (non-hydrogen) atoms. The second-order valence-corrected chi connectivity index (χ2v) is 4.58. The van der Waals surface area contributed by atoms with Crippen LogP contribution in [0.5, 0.6) is 0 Å². The number of aryl methyl sites for hydroxylation is 1. The zero-order valence-electron chi connectivity index (χ0n) is 9.32. The zero-order chi connectivity index (χ0) is 10.8. The molecule has 0 aliphatic heterocycles. The van der Waals surface area contributed by atoms with Crippen LogP contribution in [0.4, 0.5) is 5.82 Å². The van der Waals surface area contributed by atoms with Crippen LogP contribution in [0, 0.1) is 6.92 Å². The first kappa shape index (κ1) is 10.4. The van der Waals surface area contributed by atoms with Crippen LogP contribution in [0.2, 0.25) is 0 Å². The summed E-state index contributed by atoms with van der Waals surface area (Å²) in [4.78, 5) is 11.9. The predicted octanol–water partition coefficient (Wildman–Crippen LogP) is 2.85. The molecule has 0 radical (unpaired) electrons. The smallest absolute Gasteiger partial charge is 0.140 e. The maximum Gasteiger partial charge on any atom is 0.140 e. The summed E-state index contributed by atoms with van der Waals surface area (Å²) in [6, 6.07) is 0. The van der Waals surface area contributed by atoms with Gasteiger partial charge in [0.25, 0.3) is 0 Å². The molecule has 0 spiro atoms. The second kappa shape index (κ2) is 4.14. The fourth-order valence-corrected chi connectivity index (χ4v) is 2.61. The lowest BCUT2D eigenvalue weighted by Gasteiger charge is -2.17. The molecule has 2 aromatic rings. The molecular weight excluding hydrogens is 206 g/mol. The van der Waals surface area contributed by atoms with Crippen molar-refractivity contribution in [1.29, 1.82) is 0 Å². The molecular formula is C11H15N3S. The highest BCUT2D eigenvalue weighted by Crippen LogP contribution is 2.29. The van der Waals surface area contributed by atoms with Crippen LogP contribution >= 0.6 is 11.3 Å². The predicted molar refractivity (Wildman–Crippen MR) is 65.7 cm³/mol. The molecule has 0 saturated heterocycles. The van der Waals surface area contributed by atoms with Crippen LogP contribution in [-0.2, 0) is 0 Å². The Morgan fingerprint density at radius 1 is 1.40 bits per heavy atom. The Morgan fingerprint density at radius 2 is 2.20 bits per heavy atom. The summed E-state index contributed by atoms with van der Waals surface area (Å²) >= 11 is 1.69. The Kier molecular flexibility index (Phi) is 2.86. The van der Waals surface area contributed by atoms with E-state index in [4.69, 9.17) is 0 Å². The van der Waals surface area contributed by atoms with Crippen molar-refractivity contribution in [2.45, 2.75) is 20.3 Å². The molecule has 0 unspecified atom stereocenters. The molecule has 2 rings (SSSR count). The Labute approximate surface area is 93.8 Å². The van der Waals surface area contributed by atoms with Crippen molar-refractivity contribution < 1.29 is 0 Å². The standard InChI is InChI=1S/C11H15N3S/c1-4-5-14(3)10-9-8(2)6-15-11(9)13-7-12-10/h6-7H,4-5H2,1-3H3. The molecule has 2 aromatic heterocycles. The molecule has 4 heteroatoms. The summed E-state index contributed by atoms with van der Waals surface area (Å²) in [5, 5.41) is 3.35. The van der Waals surface area contributed by atoms with Gasteiger partial charge in [0.05, 0.1) is 5.39 Å². The normalized spacial score (nSPS) is 10.9. The minimum absolute atomic E-state index is 1.03. The molecule has 80 valence electrons. The van der Waals surface area contributed by atoms with E-state index in [1.54, 1.807) is 17.7 Å². The van der Waals surface area contributed by atoms with Gasteiger partial charge in [-0.05, 0) is 24.3 Å². The Bertz CT molecular complexity index is 464. The van der Waals surface area contributed by atoms with Crippen molar-refractivity contribution in [2.24, 2.45) is 0 Å². The van der Waals surface area contributed by atoms with Crippen molar-refractivity contribution in [3.8, 4) is 0 Å². The number of aromatic nitrogens is 2. The van der Waals surface area contributed by atoms with Gasteiger partial charge in [-0.25, -0.2) is 9.97 Å². The molecule has 2 heterocycles. The highest BCUT2D eigenvalue weighted by molar-refractivity contribution is 7.17. The van der Waals surface area contributed by atoms with Gasteiger partial charge in [-0.15, -0.1) is 11.3 Å². The molecule has 0 aliphatic rings. The van der Waals surface area contributed by atoms with Crippen LogP contribution in [0.15, 0.2) is 11.7 Å². The van der Waals surface area contributed by atoms with Crippen molar-refractivity contribution in [3.05, 3.63) is 17.3 Å². The average Bonchev–Trinajstić information content (AvgIpc) is 2.61. The summed E-state index contributed by atoms with van der Waals surface area (Å²) in [6.45, 7) is 5.32. The van der Waals surface area contributed by atoms with E-state index in [0.717, 1.165) is 23.6 Å². The third-order valence-corrected chi connectivity index (χ3v) is 3.46. The number of hydrogen-bond donors (Lipinski definition) is 0. The topological polar surface area (TPSA) is 29.0 Å². The number of thiophene rings is 1. The third-order valence-electron chi connectivity index (χ3n) is 2.45. The van der Waals surface area contributed by atoms with E-state index in [1.807, 2.05) is 0 Å². The van der Waals surface area contributed by atoms with Crippen molar-refractivity contribution in [2.75, 3.05) is 18.5 Å². The monoisotopic (exact) mass is 221 g/mol.